The highest BCUT2D eigenvalue weighted by Gasteiger charge is 2.19. The molecule has 0 aliphatic carbocycles. The standard InChI is InChI=1S/C21H36ClN5/c1-21(2,16-18-7-5-8-19(22)15-18)17-25-20(23-3)24-9-12-27-11-6-10-26(4)13-14-27/h5,7-8,15H,6,9-14,16-17H2,1-4H3,(H2,23,24,25). The third-order valence-electron chi connectivity index (χ3n) is 5.06. The molecular weight excluding hydrogens is 358 g/mol. The van der Waals surface area contributed by atoms with Gasteiger partial charge in [0.25, 0.3) is 0 Å². The first-order chi connectivity index (χ1) is 12.9. The SMILES string of the molecule is CN=C(NCCN1CCCN(C)CC1)NCC(C)(C)Cc1cccc(Cl)c1. The molecule has 0 unspecified atom stereocenters. The highest BCUT2D eigenvalue weighted by Crippen LogP contribution is 2.22. The van der Waals surface area contributed by atoms with Crippen molar-refractivity contribution in [2.45, 2.75) is 26.7 Å². The highest BCUT2D eigenvalue weighted by molar-refractivity contribution is 6.30. The minimum atomic E-state index is 0.109. The van der Waals surface area contributed by atoms with Gasteiger partial charge in [-0.3, -0.25) is 4.99 Å². The maximum atomic E-state index is 6.11. The smallest absolute Gasteiger partial charge is 0.191 e. The summed E-state index contributed by atoms with van der Waals surface area (Å²) in [5, 5.41) is 7.74. The molecule has 0 radical (unpaired) electrons. The number of hydrogen-bond acceptors (Lipinski definition) is 3. The van der Waals surface area contributed by atoms with E-state index in [0.29, 0.717) is 0 Å². The van der Waals surface area contributed by atoms with E-state index in [1.807, 2.05) is 19.2 Å². The lowest BCUT2D eigenvalue weighted by Gasteiger charge is -2.27. The van der Waals surface area contributed by atoms with Crippen molar-refractivity contribution in [3.8, 4) is 0 Å². The second-order valence-electron chi connectivity index (χ2n) is 8.32. The summed E-state index contributed by atoms with van der Waals surface area (Å²) in [7, 11) is 4.04. The second-order valence-corrected chi connectivity index (χ2v) is 8.76. The van der Waals surface area contributed by atoms with Crippen LogP contribution in [-0.4, -0.2) is 75.7 Å². The molecule has 1 aliphatic rings. The van der Waals surface area contributed by atoms with Crippen molar-refractivity contribution in [2.75, 3.05) is 59.9 Å². The third-order valence-corrected chi connectivity index (χ3v) is 5.30. The summed E-state index contributed by atoms with van der Waals surface area (Å²) < 4.78 is 0. The monoisotopic (exact) mass is 393 g/mol. The number of hydrogen-bond donors (Lipinski definition) is 2. The number of rotatable bonds is 7. The lowest BCUT2D eigenvalue weighted by Crippen LogP contribution is -2.45. The van der Waals surface area contributed by atoms with E-state index in [4.69, 9.17) is 11.6 Å². The molecule has 2 rings (SSSR count). The van der Waals surface area contributed by atoms with Gasteiger partial charge in [0.2, 0.25) is 0 Å². The second kappa shape index (κ2) is 10.9. The molecule has 2 N–H and O–H groups in total. The van der Waals surface area contributed by atoms with E-state index in [0.717, 1.165) is 50.1 Å². The largest absolute Gasteiger partial charge is 0.356 e. The summed E-state index contributed by atoms with van der Waals surface area (Å²) in [5.41, 5.74) is 1.38. The molecule has 5 nitrogen and oxygen atoms in total. The molecule has 0 atom stereocenters. The van der Waals surface area contributed by atoms with E-state index in [-0.39, 0.29) is 5.41 Å². The third kappa shape index (κ3) is 8.50. The van der Waals surface area contributed by atoms with E-state index >= 15 is 0 Å². The van der Waals surface area contributed by atoms with Gasteiger partial charge in [-0.2, -0.15) is 0 Å². The fourth-order valence-electron chi connectivity index (χ4n) is 3.46. The van der Waals surface area contributed by atoms with Gasteiger partial charge in [0.15, 0.2) is 5.96 Å². The molecule has 1 aromatic carbocycles. The first kappa shape index (κ1) is 22.0. The molecule has 1 saturated heterocycles. The Morgan fingerprint density at radius 2 is 2.00 bits per heavy atom. The van der Waals surface area contributed by atoms with Gasteiger partial charge < -0.3 is 20.4 Å². The summed E-state index contributed by atoms with van der Waals surface area (Å²) >= 11 is 6.11. The van der Waals surface area contributed by atoms with Gasteiger partial charge in [-0.1, -0.05) is 37.6 Å². The Bertz CT molecular complexity index is 602. The molecule has 1 fully saturated rings. The van der Waals surface area contributed by atoms with Crippen molar-refractivity contribution < 1.29 is 0 Å². The lowest BCUT2D eigenvalue weighted by atomic mass is 9.86. The van der Waals surface area contributed by atoms with Crippen LogP contribution in [0.15, 0.2) is 29.3 Å². The summed E-state index contributed by atoms with van der Waals surface area (Å²) in [6, 6.07) is 8.13. The molecule has 0 amide bonds. The van der Waals surface area contributed by atoms with Gasteiger partial charge >= 0.3 is 0 Å². The van der Waals surface area contributed by atoms with Crippen LogP contribution in [0.25, 0.3) is 0 Å². The average Bonchev–Trinajstić information content (AvgIpc) is 2.82. The number of aliphatic imine (C=N–C) groups is 1. The fourth-order valence-corrected chi connectivity index (χ4v) is 3.67. The molecule has 1 aliphatic heterocycles. The Morgan fingerprint density at radius 1 is 1.19 bits per heavy atom. The van der Waals surface area contributed by atoms with Crippen LogP contribution in [0, 0.1) is 5.41 Å². The van der Waals surface area contributed by atoms with Crippen molar-refractivity contribution in [1.29, 1.82) is 0 Å². The molecular formula is C21H36ClN5. The van der Waals surface area contributed by atoms with E-state index in [1.165, 1.54) is 25.1 Å². The number of likely N-dealkylation sites (N-methyl/N-ethyl adjacent to an activating group) is 1. The predicted octanol–water partition coefficient (Wildman–Crippen LogP) is 2.71. The van der Waals surface area contributed by atoms with Crippen LogP contribution in [0.1, 0.15) is 25.8 Å². The number of benzene rings is 1. The molecule has 0 saturated carbocycles. The number of halogens is 1. The van der Waals surface area contributed by atoms with Crippen LogP contribution in [0.5, 0.6) is 0 Å². The topological polar surface area (TPSA) is 42.9 Å². The van der Waals surface area contributed by atoms with Crippen LogP contribution in [0.4, 0.5) is 0 Å². The van der Waals surface area contributed by atoms with Crippen LogP contribution >= 0.6 is 11.6 Å². The summed E-state index contributed by atoms with van der Waals surface area (Å²) in [6.45, 7) is 12.1. The summed E-state index contributed by atoms with van der Waals surface area (Å²) in [6.07, 6.45) is 2.22. The van der Waals surface area contributed by atoms with Crippen molar-refractivity contribution in [3.63, 3.8) is 0 Å². The highest BCUT2D eigenvalue weighted by atomic mass is 35.5. The Hall–Kier alpha value is -1.30. The summed E-state index contributed by atoms with van der Waals surface area (Å²) in [4.78, 5) is 9.32. The van der Waals surface area contributed by atoms with Crippen LogP contribution < -0.4 is 10.6 Å². The first-order valence-electron chi connectivity index (χ1n) is 9.98. The van der Waals surface area contributed by atoms with Gasteiger partial charge in [0.05, 0.1) is 0 Å². The van der Waals surface area contributed by atoms with Crippen molar-refractivity contribution >= 4 is 17.6 Å². The molecule has 6 heteroatoms. The van der Waals surface area contributed by atoms with E-state index in [1.54, 1.807) is 0 Å². The molecule has 0 spiro atoms. The quantitative estimate of drug-likeness (QED) is 0.552. The Labute approximate surface area is 170 Å². The zero-order valence-corrected chi connectivity index (χ0v) is 18.1. The number of nitrogens with one attached hydrogen (secondary N) is 2. The molecule has 27 heavy (non-hydrogen) atoms. The van der Waals surface area contributed by atoms with Crippen LogP contribution in [-0.2, 0) is 6.42 Å². The molecule has 1 heterocycles. The number of guanidine groups is 1. The molecule has 0 bridgehead atoms. The average molecular weight is 394 g/mol. The van der Waals surface area contributed by atoms with Gasteiger partial charge in [0, 0.05) is 44.8 Å². The van der Waals surface area contributed by atoms with Crippen LogP contribution in [0.2, 0.25) is 5.02 Å². The van der Waals surface area contributed by atoms with E-state index in [9.17, 15) is 0 Å². The van der Waals surface area contributed by atoms with Crippen molar-refractivity contribution in [1.82, 2.24) is 20.4 Å². The number of nitrogens with zero attached hydrogens (tertiary/aromatic N) is 3. The lowest BCUT2D eigenvalue weighted by molar-refractivity contribution is 0.279. The van der Waals surface area contributed by atoms with Gasteiger partial charge in [-0.15, -0.1) is 0 Å². The zero-order valence-electron chi connectivity index (χ0n) is 17.4. The first-order valence-corrected chi connectivity index (χ1v) is 10.4. The van der Waals surface area contributed by atoms with Crippen molar-refractivity contribution in [2.24, 2.45) is 10.4 Å². The zero-order chi connectivity index (χ0) is 19.7. The maximum Gasteiger partial charge on any atom is 0.191 e. The van der Waals surface area contributed by atoms with E-state index in [2.05, 4.69) is 58.5 Å². The van der Waals surface area contributed by atoms with Gasteiger partial charge in [0.1, 0.15) is 0 Å². The summed E-state index contributed by atoms with van der Waals surface area (Å²) in [5.74, 6) is 0.876. The van der Waals surface area contributed by atoms with Gasteiger partial charge in [-0.25, -0.2) is 0 Å². The van der Waals surface area contributed by atoms with Crippen molar-refractivity contribution in [3.05, 3.63) is 34.9 Å². The maximum absolute atomic E-state index is 6.11. The minimum absolute atomic E-state index is 0.109. The molecule has 152 valence electrons. The van der Waals surface area contributed by atoms with E-state index < -0.39 is 0 Å². The predicted molar refractivity (Wildman–Crippen MR) is 117 cm³/mol. The normalized spacial score (nSPS) is 17.6. The van der Waals surface area contributed by atoms with Crippen LogP contribution in [0.3, 0.4) is 0 Å². The fraction of sp³-hybridized carbons (Fsp3) is 0.667. The minimum Gasteiger partial charge on any atom is -0.356 e. The Balaban J connectivity index is 1.72. The Kier molecular flexibility index (Phi) is 8.87. The van der Waals surface area contributed by atoms with Gasteiger partial charge in [-0.05, 0) is 56.1 Å². The Morgan fingerprint density at radius 3 is 2.74 bits per heavy atom. The molecule has 1 aromatic rings. The molecule has 0 aromatic heterocycles.